The number of unbranched alkanes of at least 4 members (excludes halogenated alkanes) is 20. The molecule has 312 valence electrons. The molecule has 0 rings (SSSR count). The zero-order valence-corrected chi connectivity index (χ0v) is 36.0. The summed E-state index contributed by atoms with van der Waals surface area (Å²) in [7, 11) is 0. The zero-order valence-electron chi connectivity index (χ0n) is 34.4. The first-order chi connectivity index (χ1) is 25.1. The van der Waals surface area contributed by atoms with Gasteiger partial charge in [0.1, 0.15) is 0 Å². The van der Waals surface area contributed by atoms with Crippen molar-refractivity contribution in [2.45, 2.75) is 182 Å². The minimum absolute atomic E-state index is 0. The maximum atomic E-state index is 10.00. The molecule has 0 bridgehead atoms. The van der Waals surface area contributed by atoms with Gasteiger partial charge in [0.2, 0.25) is 0 Å². The Labute approximate surface area is 339 Å². The van der Waals surface area contributed by atoms with E-state index in [0.717, 1.165) is 51.9 Å². The van der Waals surface area contributed by atoms with Crippen molar-refractivity contribution in [3.8, 4) is 0 Å². The summed E-state index contributed by atoms with van der Waals surface area (Å²) in [5.41, 5.74) is 0. The van der Waals surface area contributed by atoms with E-state index >= 15 is 0 Å². The van der Waals surface area contributed by atoms with Gasteiger partial charge in [0.25, 0.3) is 0 Å². The van der Waals surface area contributed by atoms with Gasteiger partial charge in [-0.3, -0.25) is 0 Å². The Balaban J connectivity index is -0.000000192. The fraction of sp³-hybridized carbons (Fsp3) is 0.900. The van der Waals surface area contributed by atoms with Crippen molar-refractivity contribution >= 4 is 23.9 Å². The SMILES string of the molecule is CCCCCCCCNCC(=O)[O-].CCCCCCCCNCC(=O)[O-].CCCCCCCCNCC(=O)[O-].CCCCCCCCNCC(=O)[O-].[Ti+4]. The van der Waals surface area contributed by atoms with Crippen LogP contribution in [0.5, 0.6) is 0 Å². The summed E-state index contributed by atoms with van der Waals surface area (Å²) in [4.78, 5) is 40.0. The van der Waals surface area contributed by atoms with Crippen LogP contribution >= 0.6 is 0 Å². The van der Waals surface area contributed by atoms with Crippen LogP contribution in [0.1, 0.15) is 182 Å². The van der Waals surface area contributed by atoms with Gasteiger partial charge < -0.3 is 60.9 Å². The number of rotatable bonds is 36. The summed E-state index contributed by atoms with van der Waals surface area (Å²) >= 11 is 0. The van der Waals surface area contributed by atoms with Gasteiger partial charge in [0.05, 0.1) is 23.9 Å². The van der Waals surface area contributed by atoms with Gasteiger partial charge in [-0.05, 0) is 51.9 Å². The van der Waals surface area contributed by atoms with E-state index in [-0.39, 0.29) is 47.9 Å². The van der Waals surface area contributed by atoms with Crippen LogP contribution in [0.3, 0.4) is 0 Å². The van der Waals surface area contributed by atoms with Crippen molar-refractivity contribution in [1.82, 2.24) is 21.3 Å². The molecule has 0 atom stereocenters. The molecule has 0 saturated carbocycles. The minimum atomic E-state index is -1.02. The minimum Gasteiger partial charge on any atom is -0.549 e. The van der Waals surface area contributed by atoms with Crippen molar-refractivity contribution in [3.05, 3.63) is 0 Å². The normalized spacial score (nSPS) is 10.0. The van der Waals surface area contributed by atoms with Crippen molar-refractivity contribution in [2.75, 3.05) is 52.4 Å². The summed E-state index contributed by atoms with van der Waals surface area (Å²) < 4.78 is 0. The van der Waals surface area contributed by atoms with Crippen LogP contribution in [-0.4, -0.2) is 76.2 Å². The van der Waals surface area contributed by atoms with E-state index in [2.05, 4.69) is 49.0 Å². The molecule has 12 nitrogen and oxygen atoms in total. The first kappa shape index (κ1) is 60.7. The van der Waals surface area contributed by atoms with Crippen LogP contribution < -0.4 is 41.7 Å². The Hall–Kier alpha value is -1.57. The second kappa shape index (κ2) is 57.2. The molecule has 0 aromatic carbocycles. The molecule has 0 aromatic heterocycles. The van der Waals surface area contributed by atoms with Crippen LogP contribution in [0.25, 0.3) is 0 Å². The molecule has 0 fully saturated rings. The van der Waals surface area contributed by atoms with Gasteiger partial charge in [-0.1, -0.05) is 156 Å². The van der Waals surface area contributed by atoms with Crippen LogP contribution in [0.4, 0.5) is 0 Å². The van der Waals surface area contributed by atoms with E-state index in [9.17, 15) is 39.6 Å². The Morgan fingerprint density at radius 3 is 0.604 bits per heavy atom. The Bertz CT molecular complexity index is 632. The Morgan fingerprint density at radius 2 is 0.453 bits per heavy atom. The van der Waals surface area contributed by atoms with Crippen molar-refractivity contribution < 1.29 is 61.3 Å². The molecule has 0 aliphatic carbocycles. The molecule has 4 N–H and O–H groups in total. The quantitative estimate of drug-likeness (QED) is 0.0534. The fourth-order valence-corrected chi connectivity index (χ4v) is 4.88. The van der Waals surface area contributed by atoms with Gasteiger partial charge >= 0.3 is 21.7 Å². The molecule has 0 radical (unpaired) electrons. The molecule has 0 unspecified atom stereocenters. The fourth-order valence-electron chi connectivity index (χ4n) is 4.88. The third-order valence-corrected chi connectivity index (χ3v) is 7.91. The average Bonchev–Trinajstić information content (AvgIpc) is 3.10. The van der Waals surface area contributed by atoms with Gasteiger partial charge in [-0.25, -0.2) is 0 Å². The standard InChI is InChI=1S/4C10H21NO2.Ti/c4*1-2-3-4-5-6-7-8-11-9-10(12)13;/h4*11H,2-9H2,1H3,(H,12,13);/q;;;;+4/p-4. The average molecular weight is 793 g/mol. The van der Waals surface area contributed by atoms with Gasteiger partial charge in [0, 0.05) is 26.2 Å². The molecule has 0 aliphatic heterocycles. The maximum Gasteiger partial charge on any atom is 4.00 e. The molecular formula is C40H80N4O8Ti. The number of nitrogens with one attached hydrogen (secondary N) is 4. The molecule has 0 amide bonds. The Kier molecular flexibility index (Phi) is 65.4. The monoisotopic (exact) mass is 793 g/mol. The molecular weight excluding hydrogens is 712 g/mol. The molecule has 0 aromatic rings. The molecule has 0 spiro atoms. The smallest absolute Gasteiger partial charge is 0.549 e. The second-order valence-electron chi connectivity index (χ2n) is 13.3. The number of hydrogen-bond donors (Lipinski definition) is 4. The molecule has 0 heterocycles. The van der Waals surface area contributed by atoms with Crippen molar-refractivity contribution in [2.24, 2.45) is 0 Å². The Morgan fingerprint density at radius 1 is 0.302 bits per heavy atom. The van der Waals surface area contributed by atoms with E-state index in [1.54, 1.807) is 0 Å². The summed E-state index contributed by atoms with van der Waals surface area (Å²) in [6.45, 7) is 11.9. The van der Waals surface area contributed by atoms with Gasteiger partial charge in [-0.15, -0.1) is 0 Å². The number of carbonyl (C=O) groups excluding carboxylic acids is 4. The van der Waals surface area contributed by atoms with Crippen LogP contribution in [0.15, 0.2) is 0 Å². The molecule has 53 heavy (non-hydrogen) atoms. The van der Waals surface area contributed by atoms with Gasteiger partial charge in [0.15, 0.2) is 0 Å². The van der Waals surface area contributed by atoms with E-state index in [1.807, 2.05) is 0 Å². The zero-order chi connectivity index (χ0) is 39.8. The van der Waals surface area contributed by atoms with Crippen molar-refractivity contribution in [3.63, 3.8) is 0 Å². The van der Waals surface area contributed by atoms with Gasteiger partial charge in [-0.2, -0.15) is 0 Å². The summed E-state index contributed by atoms with van der Waals surface area (Å²) in [5, 5.41) is 51.3. The third kappa shape index (κ3) is 80.1. The summed E-state index contributed by atoms with van der Waals surface area (Å²) in [6.07, 6.45) is 29.6. The largest absolute Gasteiger partial charge is 4.00 e. The number of hydrogen-bond acceptors (Lipinski definition) is 12. The molecule has 0 aliphatic rings. The van der Waals surface area contributed by atoms with Crippen LogP contribution in [0.2, 0.25) is 0 Å². The van der Waals surface area contributed by atoms with E-state index < -0.39 is 23.9 Å². The topological polar surface area (TPSA) is 209 Å². The first-order valence-corrected chi connectivity index (χ1v) is 20.7. The summed E-state index contributed by atoms with van der Waals surface area (Å²) in [5.74, 6) is -4.09. The number of carboxylic acid groups (broad SMARTS) is 4. The predicted octanol–water partition coefficient (Wildman–Crippen LogP) is 2.74. The van der Waals surface area contributed by atoms with E-state index in [4.69, 9.17) is 0 Å². The predicted molar refractivity (Wildman–Crippen MR) is 205 cm³/mol. The van der Waals surface area contributed by atoms with E-state index in [1.165, 1.54) is 128 Å². The molecule has 13 heteroatoms. The second-order valence-corrected chi connectivity index (χ2v) is 13.3. The van der Waals surface area contributed by atoms with E-state index in [0.29, 0.717) is 0 Å². The van der Waals surface area contributed by atoms with Crippen LogP contribution in [-0.2, 0) is 40.9 Å². The van der Waals surface area contributed by atoms with Crippen LogP contribution in [0, 0.1) is 0 Å². The first-order valence-electron chi connectivity index (χ1n) is 20.7. The summed E-state index contributed by atoms with van der Waals surface area (Å²) in [6, 6.07) is 0. The maximum absolute atomic E-state index is 10.00. The van der Waals surface area contributed by atoms with Crippen molar-refractivity contribution in [1.29, 1.82) is 0 Å². The number of carbonyl (C=O) groups is 4. The number of carboxylic acids is 4. The number of aliphatic carboxylic acids is 4. The molecule has 0 saturated heterocycles. The third-order valence-electron chi connectivity index (χ3n) is 7.91.